The Hall–Kier alpha value is -1.18. The molecule has 0 spiro atoms. The fraction of sp³-hybridized carbons (Fsp3) is 0.412. The number of hydrogen-bond donors (Lipinski definition) is 1. The second-order valence-corrected chi connectivity index (χ2v) is 8.46. The van der Waals surface area contributed by atoms with Crippen molar-refractivity contribution in [2.45, 2.75) is 38.6 Å². The van der Waals surface area contributed by atoms with E-state index in [9.17, 15) is 0 Å². The molecule has 4 nitrogen and oxygen atoms in total. The van der Waals surface area contributed by atoms with E-state index in [1.165, 1.54) is 17.4 Å². The Balaban J connectivity index is 1.64. The summed E-state index contributed by atoms with van der Waals surface area (Å²) in [7, 11) is 0. The number of nitrogens with zero attached hydrogens (tertiary/aromatic N) is 3. The molecular formula is C17H17BrClFN4S. The van der Waals surface area contributed by atoms with Gasteiger partial charge in [-0.3, -0.25) is 0 Å². The highest BCUT2D eigenvalue weighted by Gasteiger charge is 2.24. The fourth-order valence-electron chi connectivity index (χ4n) is 2.99. The molecule has 0 atom stereocenters. The summed E-state index contributed by atoms with van der Waals surface area (Å²) < 4.78 is 17.2. The molecule has 4 rings (SSSR count). The second-order valence-electron chi connectivity index (χ2n) is 6.34. The fourth-order valence-corrected chi connectivity index (χ4v) is 4.43. The molecule has 0 unspecified atom stereocenters. The minimum Gasteiger partial charge on any atom is -0.363 e. The third kappa shape index (κ3) is 3.68. The Morgan fingerprint density at radius 1 is 1.44 bits per heavy atom. The van der Waals surface area contributed by atoms with Gasteiger partial charge >= 0.3 is 0 Å². The molecule has 0 aliphatic heterocycles. The van der Waals surface area contributed by atoms with E-state index in [1.807, 2.05) is 17.5 Å². The van der Waals surface area contributed by atoms with Crippen LogP contribution in [-0.4, -0.2) is 14.6 Å². The summed E-state index contributed by atoms with van der Waals surface area (Å²) in [5.41, 5.74) is 0.991. The van der Waals surface area contributed by atoms with Gasteiger partial charge in [-0.2, -0.15) is 4.98 Å². The Kier molecular flexibility index (Phi) is 4.97. The summed E-state index contributed by atoms with van der Waals surface area (Å²) >= 11 is 11.2. The molecule has 1 aliphatic rings. The van der Waals surface area contributed by atoms with Gasteiger partial charge in [0.15, 0.2) is 11.6 Å². The minimum absolute atomic E-state index is 0.0846. The molecule has 0 radical (unpaired) electrons. The van der Waals surface area contributed by atoms with Gasteiger partial charge in [-0.05, 0) is 57.7 Å². The number of anilines is 1. The lowest BCUT2D eigenvalue weighted by Crippen LogP contribution is -2.05. The summed E-state index contributed by atoms with van der Waals surface area (Å²) in [5, 5.41) is 9.44. The molecule has 132 valence electrons. The lowest BCUT2D eigenvalue weighted by atomic mass is 10.1. The first-order valence-corrected chi connectivity index (χ1v) is 10.4. The molecule has 3 aromatic heterocycles. The molecule has 0 bridgehead atoms. The van der Waals surface area contributed by atoms with Gasteiger partial charge in [0.25, 0.3) is 0 Å². The predicted molar refractivity (Wildman–Crippen MR) is 103 cm³/mol. The van der Waals surface area contributed by atoms with Crippen molar-refractivity contribution in [1.29, 1.82) is 0 Å². The molecule has 3 aromatic rings. The number of halogens is 3. The Morgan fingerprint density at radius 2 is 2.28 bits per heavy atom. The number of rotatable bonds is 7. The topological polar surface area (TPSA) is 42.2 Å². The van der Waals surface area contributed by atoms with Crippen LogP contribution in [0.5, 0.6) is 0 Å². The van der Waals surface area contributed by atoms with E-state index in [4.69, 9.17) is 11.6 Å². The van der Waals surface area contributed by atoms with E-state index in [0.29, 0.717) is 34.5 Å². The van der Waals surface area contributed by atoms with Gasteiger partial charge in [-0.15, -0.1) is 16.4 Å². The average molecular weight is 444 g/mol. The zero-order valence-electron chi connectivity index (χ0n) is 13.4. The van der Waals surface area contributed by atoms with Gasteiger partial charge in [-0.1, -0.05) is 25.3 Å². The van der Waals surface area contributed by atoms with Crippen LogP contribution in [0.25, 0.3) is 5.52 Å². The zero-order valence-corrected chi connectivity index (χ0v) is 16.6. The number of aromatic nitrogens is 3. The van der Waals surface area contributed by atoms with Crippen molar-refractivity contribution in [1.82, 2.24) is 14.6 Å². The normalized spacial score (nSPS) is 14.4. The van der Waals surface area contributed by atoms with E-state index >= 15 is 4.39 Å². The van der Waals surface area contributed by atoms with Gasteiger partial charge in [0, 0.05) is 10.4 Å². The molecule has 0 amide bonds. The quantitative estimate of drug-likeness (QED) is 0.510. The minimum atomic E-state index is -0.270. The Bertz CT molecular complexity index is 892. The largest absolute Gasteiger partial charge is 0.363 e. The van der Waals surface area contributed by atoms with Crippen LogP contribution in [0.2, 0.25) is 5.28 Å². The molecule has 1 saturated carbocycles. The van der Waals surface area contributed by atoms with Crippen LogP contribution in [0, 0.1) is 11.7 Å². The smallest absolute Gasteiger partial charge is 0.243 e. The lowest BCUT2D eigenvalue weighted by molar-refractivity contribution is 0.603. The Labute approximate surface area is 162 Å². The van der Waals surface area contributed by atoms with Crippen LogP contribution in [-0.2, 0) is 13.0 Å². The lowest BCUT2D eigenvalue weighted by Gasteiger charge is -2.07. The van der Waals surface area contributed by atoms with Crippen molar-refractivity contribution in [2.24, 2.45) is 5.92 Å². The van der Waals surface area contributed by atoms with Gasteiger partial charge in [-0.25, -0.2) is 8.91 Å². The standard InChI is InChI=1S/C17H17BrClFN4S/c18-15-12(5-1-3-10-6-7-10)13(20)14-16(22-17(19)23-24(14)15)21-9-11-4-2-8-25-11/h2,4,8,10H,1,3,5-7,9H2,(H,21,22,23). The highest BCUT2D eigenvalue weighted by molar-refractivity contribution is 9.10. The van der Waals surface area contributed by atoms with E-state index in [0.717, 1.165) is 23.6 Å². The van der Waals surface area contributed by atoms with Gasteiger partial charge in [0.05, 0.1) is 6.54 Å². The SMILES string of the molecule is Fc1c(CCCC2CC2)c(Br)n2nc(Cl)nc(NCc3cccs3)c12. The maximum absolute atomic E-state index is 15.1. The van der Waals surface area contributed by atoms with Gasteiger partial charge in [0.2, 0.25) is 5.28 Å². The number of hydrogen-bond acceptors (Lipinski definition) is 4. The molecular weight excluding hydrogens is 427 g/mol. The van der Waals surface area contributed by atoms with Crippen LogP contribution >= 0.6 is 38.9 Å². The monoisotopic (exact) mass is 442 g/mol. The highest BCUT2D eigenvalue weighted by Crippen LogP contribution is 2.36. The van der Waals surface area contributed by atoms with Crippen LogP contribution in [0.1, 0.15) is 36.1 Å². The maximum atomic E-state index is 15.1. The summed E-state index contributed by atoms with van der Waals surface area (Å²) in [5.74, 6) is 0.990. The summed E-state index contributed by atoms with van der Waals surface area (Å²) in [6.07, 6.45) is 5.47. The summed E-state index contributed by atoms with van der Waals surface area (Å²) in [6, 6.07) is 4.00. The molecule has 1 fully saturated rings. The molecule has 8 heteroatoms. The van der Waals surface area contributed by atoms with Crippen LogP contribution in [0.4, 0.5) is 10.2 Å². The van der Waals surface area contributed by atoms with Crippen LogP contribution < -0.4 is 5.32 Å². The van der Waals surface area contributed by atoms with E-state index in [-0.39, 0.29) is 11.1 Å². The van der Waals surface area contributed by atoms with Crippen molar-refractivity contribution < 1.29 is 4.39 Å². The average Bonchev–Trinajstić information content (AvgIpc) is 3.20. The first-order chi connectivity index (χ1) is 12.1. The van der Waals surface area contributed by atoms with E-state index < -0.39 is 0 Å². The van der Waals surface area contributed by atoms with Gasteiger partial charge in [0.1, 0.15) is 10.1 Å². The van der Waals surface area contributed by atoms with Crippen molar-refractivity contribution in [3.05, 3.63) is 43.7 Å². The molecule has 0 aromatic carbocycles. The van der Waals surface area contributed by atoms with Crippen molar-refractivity contribution in [3.63, 3.8) is 0 Å². The van der Waals surface area contributed by atoms with Crippen LogP contribution in [0.3, 0.4) is 0 Å². The zero-order chi connectivity index (χ0) is 17.4. The molecule has 3 heterocycles. The molecule has 25 heavy (non-hydrogen) atoms. The molecule has 1 N–H and O–H groups in total. The number of nitrogens with one attached hydrogen (secondary N) is 1. The maximum Gasteiger partial charge on any atom is 0.243 e. The second kappa shape index (κ2) is 7.21. The first-order valence-electron chi connectivity index (χ1n) is 8.32. The van der Waals surface area contributed by atoms with E-state index in [2.05, 4.69) is 31.3 Å². The van der Waals surface area contributed by atoms with E-state index in [1.54, 1.807) is 11.3 Å². The number of thiophene rings is 1. The first kappa shape index (κ1) is 17.2. The predicted octanol–water partition coefficient (Wildman–Crippen LogP) is 5.69. The summed E-state index contributed by atoms with van der Waals surface area (Å²) in [6.45, 7) is 0.569. The molecule has 0 saturated heterocycles. The Morgan fingerprint density at radius 3 is 3.00 bits per heavy atom. The van der Waals surface area contributed by atoms with Crippen molar-refractivity contribution >= 4 is 50.2 Å². The van der Waals surface area contributed by atoms with Gasteiger partial charge < -0.3 is 5.32 Å². The highest BCUT2D eigenvalue weighted by atomic mass is 79.9. The van der Waals surface area contributed by atoms with Crippen molar-refractivity contribution in [2.75, 3.05) is 5.32 Å². The number of fused-ring (bicyclic) bond motifs is 1. The summed E-state index contributed by atoms with van der Waals surface area (Å²) in [4.78, 5) is 5.34. The van der Waals surface area contributed by atoms with Crippen molar-refractivity contribution in [3.8, 4) is 0 Å². The molecule has 1 aliphatic carbocycles. The van der Waals surface area contributed by atoms with Crippen LogP contribution in [0.15, 0.2) is 22.1 Å². The third-order valence-electron chi connectivity index (χ3n) is 4.48. The third-order valence-corrected chi connectivity index (χ3v) is 6.33.